The van der Waals surface area contributed by atoms with E-state index in [9.17, 15) is 0 Å². The summed E-state index contributed by atoms with van der Waals surface area (Å²) >= 11 is 1.66. The first-order valence-corrected chi connectivity index (χ1v) is 4.04. The molecule has 1 nitrogen and oxygen atoms in total. The summed E-state index contributed by atoms with van der Waals surface area (Å²) < 4.78 is 4.96. The van der Waals surface area contributed by atoms with Gasteiger partial charge < -0.3 is 0 Å². The molecule has 0 atom stereocenters. The minimum absolute atomic E-state index is 0.814. The van der Waals surface area contributed by atoms with Crippen LogP contribution in [0, 0.1) is 0 Å². The summed E-state index contributed by atoms with van der Waals surface area (Å²) in [5.74, 6) is 0. The molecule has 0 bridgehead atoms. The Morgan fingerprint density at radius 2 is 1.90 bits per heavy atom. The molecule has 1 rings (SSSR count). The van der Waals surface area contributed by atoms with Crippen molar-refractivity contribution in [1.29, 1.82) is 0 Å². The second-order valence-electron chi connectivity index (χ2n) is 2.06. The van der Waals surface area contributed by atoms with Crippen LogP contribution in [0.15, 0.2) is 30.3 Å². The van der Waals surface area contributed by atoms with Gasteiger partial charge in [-0.2, -0.15) is 0 Å². The quantitative estimate of drug-likeness (QED) is 0.700. The summed E-state index contributed by atoms with van der Waals surface area (Å²) in [5, 5.41) is 0. The van der Waals surface area contributed by atoms with Crippen LogP contribution in [0.2, 0.25) is 0 Å². The van der Waals surface area contributed by atoms with Crippen LogP contribution in [0.3, 0.4) is 0 Å². The fourth-order valence-corrected chi connectivity index (χ4v) is 1.01. The van der Waals surface area contributed by atoms with E-state index in [1.807, 2.05) is 18.2 Å². The molecular formula is C8H9MoO. The van der Waals surface area contributed by atoms with Crippen LogP contribution < -0.4 is 0 Å². The van der Waals surface area contributed by atoms with E-state index >= 15 is 0 Å². The van der Waals surface area contributed by atoms with Crippen LogP contribution >= 0.6 is 0 Å². The molecule has 0 fully saturated rings. The van der Waals surface area contributed by atoms with Gasteiger partial charge in [0.25, 0.3) is 0 Å². The Labute approximate surface area is 72.8 Å². The van der Waals surface area contributed by atoms with Gasteiger partial charge in [-0.1, -0.05) is 0 Å². The Morgan fingerprint density at radius 1 is 1.20 bits per heavy atom. The summed E-state index contributed by atoms with van der Waals surface area (Å²) in [6.45, 7) is 0.814. The van der Waals surface area contributed by atoms with Gasteiger partial charge in [-0.05, 0) is 0 Å². The molecule has 0 aliphatic carbocycles. The summed E-state index contributed by atoms with van der Waals surface area (Å²) in [6.07, 6.45) is 1.01. The zero-order valence-corrected chi connectivity index (χ0v) is 7.62. The van der Waals surface area contributed by atoms with Crippen molar-refractivity contribution in [3.8, 4) is 0 Å². The molecule has 0 aromatic heterocycles. The first-order valence-electron chi connectivity index (χ1n) is 3.22. The van der Waals surface area contributed by atoms with Gasteiger partial charge in [0.15, 0.2) is 0 Å². The normalized spacial score (nSPS) is 9.60. The SMILES string of the molecule is [Mo][O]CCc1ccccc1. The van der Waals surface area contributed by atoms with Crippen molar-refractivity contribution >= 4 is 0 Å². The monoisotopic (exact) mass is 219 g/mol. The molecule has 0 amide bonds. The molecule has 10 heavy (non-hydrogen) atoms. The topological polar surface area (TPSA) is 9.23 Å². The molecule has 2 heteroatoms. The third-order valence-electron chi connectivity index (χ3n) is 1.32. The van der Waals surface area contributed by atoms with Crippen molar-refractivity contribution < 1.29 is 23.6 Å². The van der Waals surface area contributed by atoms with Gasteiger partial charge in [-0.3, -0.25) is 0 Å². The van der Waals surface area contributed by atoms with Gasteiger partial charge >= 0.3 is 72.5 Å². The molecule has 0 saturated heterocycles. The van der Waals surface area contributed by atoms with Crippen LogP contribution in [0.1, 0.15) is 5.56 Å². The van der Waals surface area contributed by atoms with Crippen LogP contribution in [0.4, 0.5) is 0 Å². The van der Waals surface area contributed by atoms with E-state index < -0.39 is 0 Å². The molecule has 53 valence electrons. The molecule has 0 radical (unpaired) electrons. The zero-order valence-electron chi connectivity index (χ0n) is 5.62. The molecule has 0 spiro atoms. The van der Waals surface area contributed by atoms with E-state index in [1.54, 1.807) is 20.2 Å². The molecule has 1 aromatic rings. The number of hydrogen-bond acceptors (Lipinski definition) is 1. The molecule has 0 heterocycles. The first kappa shape index (κ1) is 7.97. The zero-order chi connectivity index (χ0) is 7.23. The molecule has 0 unspecified atom stereocenters. The van der Waals surface area contributed by atoms with Gasteiger partial charge in [-0.25, -0.2) is 0 Å². The number of hydrogen-bond donors (Lipinski definition) is 0. The van der Waals surface area contributed by atoms with E-state index in [-0.39, 0.29) is 0 Å². The Hall–Kier alpha value is -0.132. The van der Waals surface area contributed by atoms with E-state index in [1.165, 1.54) is 5.56 Å². The summed E-state index contributed by atoms with van der Waals surface area (Å²) in [4.78, 5) is 0. The van der Waals surface area contributed by atoms with Crippen molar-refractivity contribution in [3.63, 3.8) is 0 Å². The van der Waals surface area contributed by atoms with Crippen molar-refractivity contribution in [3.05, 3.63) is 35.9 Å². The molecule has 0 aliphatic heterocycles. The molecule has 0 saturated carbocycles. The van der Waals surface area contributed by atoms with Gasteiger partial charge in [0.2, 0.25) is 0 Å². The third-order valence-corrected chi connectivity index (χ3v) is 1.73. The van der Waals surface area contributed by atoms with Crippen LogP contribution in [-0.2, 0) is 30.0 Å². The summed E-state index contributed by atoms with van der Waals surface area (Å²) in [7, 11) is 0. The summed E-state index contributed by atoms with van der Waals surface area (Å²) in [6, 6.07) is 10.3. The average Bonchev–Trinajstić information content (AvgIpc) is 2.03. The van der Waals surface area contributed by atoms with Crippen LogP contribution in [0.25, 0.3) is 0 Å². The molecule has 0 aliphatic rings. The average molecular weight is 217 g/mol. The predicted octanol–water partition coefficient (Wildman–Crippen LogP) is 1.71. The molecular weight excluding hydrogens is 208 g/mol. The van der Waals surface area contributed by atoms with Crippen molar-refractivity contribution in [2.45, 2.75) is 6.42 Å². The second kappa shape index (κ2) is 4.65. The van der Waals surface area contributed by atoms with Crippen LogP contribution in [-0.4, -0.2) is 6.61 Å². The maximum absolute atomic E-state index is 4.96. The summed E-state index contributed by atoms with van der Waals surface area (Å²) in [5.41, 5.74) is 1.34. The number of benzene rings is 1. The van der Waals surface area contributed by atoms with E-state index in [0.29, 0.717) is 0 Å². The standard InChI is InChI=1S/C8H9O.Mo/c9-7-6-8-4-2-1-3-5-8;/h1-5H,6-7H2;/q-1;+1. The van der Waals surface area contributed by atoms with E-state index in [2.05, 4.69) is 12.1 Å². The third kappa shape index (κ3) is 2.64. The van der Waals surface area contributed by atoms with Gasteiger partial charge in [0.1, 0.15) is 0 Å². The van der Waals surface area contributed by atoms with Gasteiger partial charge in [0.05, 0.1) is 0 Å². The van der Waals surface area contributed by atoms with Crippen LogP contribution in [0.5, 0.6) is 0 Å². The Morgan fingerprint density at radius 3 is 2.50 bits per heavy atom. The van der Waals surface area contributed by atoms with Gasteiger partial charge in [-0.15, -0.1) is 0 Å². The first-order chi connectivity index (χ1) is 4.93. The molecule has 0 N–H and O–H groups in total. The van der Waals surface area contributed by atoms with E-state index in [4.69, 9.17) is 3.39 Å². The van der Waals surface area contributed by atoms with Crippen molar-refractivity contribution in [1.82, 2.24) is 0 Å². The van der Waals surface area contributed by atoms with Crippen molar-refractivity contribution in [2.75, 3.05) is 6.61 Å². The fraction of sp³-hybridized carbons (Fsp3) is 0.250. The maximum atomic E-state index is 4.96. The Kier molecular flexibility index (Phi) is 3.70. The second-order valence-corrected chi connectivity index (χ2v) is 2.64. The Bertz CT molecular complexity index is 174. The number of rotatable bonds is 3. The van der Waals surface area contributed by atoms with Gasteiger partial charge in [0, 0.05) is 0 Å². The Balaban J connectivity index is 2.43. The minimum atomic E-state index is 0.814. The fourth-order valence-electron chi connectivity index (χ4n) is 0.804. The predicted molar refractivity (Wildman–Crippen MR) is 36.1 cm³/mol. The molecule has 1 aromatic carbocycles. The van der Waals surface area contributed by atoms with Crippen molar-refractivity contribution in [2.24, 2.45) is 0 Å². The van der Waals surface area contributed by atoms with E-state index in [0.717, 1.165) is 13.0 Å².